The number of benzene rings is 3. The first-order valence-electron chi connectivity index (χ1n) is 14.0. The Morgan fingerprint density at radius 3 is 1.43 bits per heavy atom. The molecule has 0 saturated heterocycles. The topological polar surface area (TPSA) is 0 Å². The van der Waals surface area contributed by atoms with Gasteiger partial charge in [0.05, 0.1) is 5.41 Å². The highest BCUT2D eigenvalue weighted by Crippen LogP contribution is 2.66. The molecule has 0 saturated carbocycles. The molecule has 190 valence electrons. The summed E-state index contributed by atoms with van der Waals surface area (Å²) in [5.74, 6) is 0.762. The van der Waals surface area contributed by atoms with Crippen molar-refractivity contribution in [1.82, 2.24) is 0 Å². The first-order valence-corrected chi connectivity index (χ1v) is 14.0. The molecule has 0 fully saturated rings. The van der Waals surface area contributed by atoms with Gasteiger partial charge in [0.1, 0.15) is 0 Å². The summed E-state index contributed by atoms with van der Waals surface area (Å²) in [5, 5.41) is 0. The Kier molecular flexibility index (Phi) is 5.02. The highest BCUT2D eigenvalue weighted by Gasteiger charge is 2.57. The van der Waals surface area contributed by atoms with Crippen LogP contribution in [0.3, 0.4) is 0 Å². The molecule has 0 radical (unpaired) electrons. The van der Waals surface area contributed by atoms with E-state index in [1.165, 1.54) is 50.1 Å². The molecule has 1 spiro atoms. The van der Waals surface area contributed by atoms with Crippen molar-refractivity contribution in [2.45, 2.75) is 89.9 Å². The average molecular weight is 487 g/mol. The molecule has 3 aromatic rings. The van der Waals surface area contributed by atoms with E-state index in [0.717, 1.165) is 0 Å². The molecule has 6 rings (SSSR count). The summed E-state index contributed by atoms with van der Waals surface area (Å²) < 4.78 is 0. The molecule has 2 unspecified atom stereocenters. The average Bonchev–Trinajstić information content (AvgIpc) is 3.28. The van der Waals surface area contributed by atoms with E-state index < -0.39 is 0 Å². The zero-order valence-electron chi connectivity index (χ0n) is 24.2. The third-order valence-corrected chi connectivity index (χ3v) is 9.25. The van der Waals surface area contributed by atoms with Gasteiger partial charge in [-0.25, -0.2) is 0 Å². The van der Waals surface area contributed by atoms with Crippen LogP contribution < -0.4 is 0 Å². The van der Waals surface area contributed by atoms with Gasteiger partial charge in [-0.2, -0.15) is 0 Å². The maximum absolute atomic E-state index is 2.57. The second kappa shape index (κ2) is 7.59. The van der Waals surface area contributed by atoms with Gasteiger partial charge in [0.2, 0.25) is 0 Å². The summed E-state index contributed by atoms with van der Waals surface area (Å²) in [6.07, 6.45) is 9.51. The van der Waals surface area contributed by atoms with Crippen molar-refractivity contribution in [2.75, 3.05) is 0 Å². The summed E-state index contributed by atoms with van der Waals surface area (Å²) in [7, 11) is 0. The molecule has 0 aliphatic heterocycles. The predicted molar refractivity (Wildman–Crippen MR) is 159 cm³/mol. The molecule has 3 aliphatic rings. The van der Waals surface area contributed by atoms with Gasteiger partial charge in [-0.05, 0) is 66.3 Å². The highest BCUT2D eigenvalue weighted by molar-refractivity contribution is 5.86. The van der Waals surface area contributed by atoms with Crippen molar-refractivity contribution in [3.63, 3.8) is 0 Å². The lowest BCUT2D eigenvalue weighted by molar-refractivity contribution is 0.462. The van der Waals surface area contributed by atoms with Crippen LogP contribution in [0.1, 0.15) is 107 Å². The van der Waals surface area contributed by atoms with Gasteiger partial charge >= 0.3 is 0 Å². The molecular weight excluding hydrogens is 444 g/mol. The van der Waals surface area contributed by atoms with Gasteiger partial charge < -0.3 is 0 Å². The van der Waals surface area contributed by atoms with Crippen LogP contribution in [-0.4, -0.2) is 0 Å². The fourth-order valence-electron chi connectivity index (χ4n) is 7.09. The van der Waals surface area contributed by atoms with E-state index in [9.17, 15) is 0 Å². The first kappa shape index (κ1) is 24.5. The lowest BCUT2D eigenvalue weighted by atomic mass is 9.64. The van der Waals surface area contributed by atoms with E-state index in [1.807, 2.05) is 0 Å². The van der Waals surface area contributed by atoms with E-state index in [1.54, 1.807) is 0 Å². The number of hydrogen-bond donors (Lipinski definition) is 0. The molecule has 0 amide bonds. The second-order valence-corrected chi connectivity index (χ2v) is 14.7. The molecule has 2 atom stereocenters. The summed E-state index contributed by atoms with van der Waals surface area (Å²) in [6, 6.07) is 22.1. The van der Waals surface area contributed by atoms with Crippen LogP contribution in [0.5, 0.6) is 0 Å². The van der Waals surface area contributed by atoms with Crippen LogP contribution in [-0.2, 0) is 21.7 Å². The molecule has 37 heavy (non-hydrogen) atoms. The zero-order chi connectivity index (χ0) is 26.5. The van der Waals surface area contributed by atoms with Crippen LogP contribution in [0.4, 0.5) is 0 Å². The maximum atomic E-state index is 2.57. The van der Waals surface area contributed by atoms with Crippen molar-refractivity contribution in [1.29, 1.82) is 0 Å². The number of fused-ring (bicyclic) bond motifs is 10. The minimum Gasteiger partial charge on any atom is -0.0789 e. The quantitative estimate of drug-likeness (QED) is 0.297. The molecule has 0 nitrogen and oxygen atoms in total. The standard InChI is InChI=1S/C37H42/c1-34(2,3)23-14-17-27-26-12-10-11-13-30(26)37(31(27)20-23)32-21-24(35(4,5)6)15-18-28(32)29-19-16-25(22-33(29)37)36(7,8)9/h10-22,26,30H,1-9H3. The third-order valence-electron chi connectivity index (χ3n) is 9.25. The van der Waals surface area contributed by atoms with Crippen LogP contribution in [0, 0.1) is 5.92 Å². The molecule has 3 aromatic carbocycles. The summed E-state index contributed by atoms with van der Waals surface area (Å²) >= 11 is 0. The summed E-state index contributed by atoms with van der Waals surface area (Å²) in [4.78, 5) is 0. The molecule has 0 heterocycles. The Bertz CT molecular complexity index is 1410. The van der Waals surface area contributed by atoms with E-state index in [4.69, 9.17) is 0 Å². The molecular formula is C37H42. The predicted octanol–water partition coefficient (Wildman–Crippen LogP) is 9.73. The monoisotopic (exact) mass is 486 g/mol. The molecule has 3 aliphatic carbocycles. The Morgan fingerprint density at radius 1 is 0.514 bits per heavy atom. The first-order chi connectivity index (χ1) is 17.2. The van der Waals surface area contributed by atoms with Crippen LogP contribution in [0.15, 0.2) is 78.9 Å². The Morgan fingerprint density at radius 2 is 0.946 bits per heavy atom. The Labute approximate surface area is 224 Å². The van der Waals surface area contributed by atoms with E-state index >= 15 is 0 Å². The van der Waals surface area contributed by atoms with Crippen molar-refractivity contribution >= 4 is 0 Å². The minimum atomic E-state index is -0.185. The van der Waals surface area contributed by atoms with Gasteiger partial charge in [0.15, 0.2) is 0 Å². The molecule has 0 heteroatoms. The fraction of sp³-hybridized carbons (Fsp3) is 0.405. The van der Waals surface area contributed by atoms with Crippen molar-refractivity contribution < 1.29 is 0 Å². The zero-order valence-corrected chi connectivity index (χ0v) is 24.2. The Balaban J connectivity index is 1.77. The van der Waals surface area contributed by atoms with Gasteiger partial charge in [-0.15, -0.1) is 0 Å². The van der Waals surface area contributed by atoms with Crippen LogP contribution in [0.25, 0.3) is 11.1 Å². The largest absolute Gasteiger partial charge is 0.0789 e. The van der Waals surface area contributed by atoms with Crippen molar-refractivity contribution in [3.05, 3.63) is 118 Å². The maximum Gasteiger partial charge on any atom is 0.0538 e. The summed E-state index contributed by atoms with van der Waals surface area (Å²) in [5.41, 5.74) is 13.2. The second-order valence-electron chi connectivity index (χ2n) is 14.7. The SMILES string of the molecule is CC(C)(C)c1ccc2c(c1)C1(c3cc(C(C)(C)C)ccc3-2)c2cc(C(C)(C)C)ccc2C2C=CC=CC21. The molecule has 0 bridgehead atoms. The molecule has 0 N–H and O–H groups in total. The van der Waals surface area contributed by atoms with E-state index in [-0.39, 0.29) is 21.7 Å². The lowest BCUT2D eigenvalue weighted by Crippen LogP contribution is -2.34. The fourth-order valence-corrected chi connectivity index (χ4v) is 7.09. The normalized spacial score (nSPS) is 21.1. The van der Waals surface area contributed by atoms with Gasteiger partial charge in [0.25, 0.3) is 0 Å². The summed E-state index contributed by atoms with van der Waals surface area (Å²) in [6.45, 7) is 21.1. The number of hydrogen-bond acceptors (Lipinski definition) is 0. The Hall–Kier alpha value is -2.86. The van der Waals surface area contributed by atoms with Crippen molar-refractivity contribution in [2.24, 2.45) is 5.92 Å². The number of rotatable bonds is 0. The van der Waals surface area contributed by atoms with Gasteiger partial charge in [-0.3, -0.25) is 0 Å². The van der Waals surface area contributed by atoms with E-state index in [2.05, 4.69) is 141 Å². The van der Waals surface area contributed by atoms with Crippen LogP contribution in [0.2, 0.25) is 0 Å². The number of allylic oxidation sites excluding steroid dienone is 4. The lowest BCUT2D eigenvalue weighted by Gasteiger charge is -2.37. The molecule has 0 aromatic heterocycles. The van der Waals surface area contributed by atoms with Crippen LogP contribution >= 0.6 is 0 Å². The third kappa shape index (κ3) is 3.41. The highest BCUT2D eigenvalue weighted by atomic mass is 14.6. The van der Waals surface area contributed by atoms with Gasteiger partial charge in [0, 0.05) is 11.8 Å². The smallest absolute Gasteiger partial charge is 0.0538 e. The van der Waals surface area contributed by atoms with E-state index in [0.29, 0.717) is 11.8 Å². The van der Waals surface area contributed by atoms with Gasteiger partial charge in [-0.1, -0.05) is 141 Å². The minimum absolute atomic E-state index is 0.0952. The van der Waals surface area contributed by atoms with Crippen molar-refractivity contribution in [3.8, 4) is 11.1 Å².